The lowest BCUT2D eigenvalue weighted by Gasteiger charge is -2.06. The molecule has 3 aromatic rings. The van der Waals surface area contributed by atoms with Gasteiger partial charge in [0.15, 0.2) is 0 Å². The summed E-state index contributed by atoms with van der Waals surface area (Å²) in [5.74, 6) is 6.25. The third-order valence-corrected chi connectivity index (χ3v) is 4.50. The van der Waals surface area contributed by atoms with Gasteiger partial charge in [-0.15, -0.1) is 0 Å². The van der Waals surface area contributed by atoms with E-state index in [-0.39, 0.29) is 0 Å². The van der Waals surface area contributed by atoms with Crippen molar-refractivity contribution < 1.29 is 14.3 Å². The Balaban J connectivity index is 1.84. The Hall–Kier alpha value is -3.77. The van der Waals surface area contributed by atoms with Crippen LogP contribution in [-0.4, -0.2) is 20.2 Å². The normalized spacial score (nSPS) is 10.3. The SMILES string of the molecule is COC(=O)c1ccc(C#CC=Cc2ccccc2-c2ccc(C)cc2)c(OC)c1. The fourth-order valence-corrected chi connectivity index (χ4v) is 2.93. The van der Waals surface area contributed by atoms with Crippen LogP contribution >= 0.6 is 0 Å². The summed E-state index contributed by atoms with van der Waals surface area (Å²) < 4.78 is 10.1. The lowest BCUT2D eigenvalue weighted by atomic mass is 9.98. The standard InChI is InChI=1S/C26H22O3/c1-19-12-14-21(15-13-19)24-11-7-6-9-20(24)8-4-5-10-22-16-17-23(26(27)29-3)18-25(22)28-2/h4,6-9,11-18H,1-3H3. The number of ether oxygens (including phenoxy) is 2. The largest absolute Gasteiger partial charge is 0.495 e. The van der Waals surface area contributed by atoms with Crippen molar-refractivity contribution in [3.05, 3.63) is 95.1 Å². The minimum absolute atomic E-state index is 0.407. The first kappa shape index (κ1) is 20.0. The second kappa shape index (κ2) is 9.43. The Kier molecular flexibility index (Phi) is 6.50. The fourth-order valence-electron chi connectivity index (χ4n) is 2.93. The molecule has 3 nitrogen and oxygen atoms in total. The molecule has 0 aliphatic heterocycles. The number of carbonyl (C=O) groups is 1. The molecule has 3 aromatic carbocycles. The van der Waals surface area contributed by atoms with Crippen molar-refractivity contribution >= 4 is 12.0 Å². The minimum atomic E-state index is -0.407. The molecule has 0 fully saturated rings. The highest BCUT2D eigenvalue weighted by molar-refractivity contribution is 5.90. The predicted molar refractivity (Wildman–Crippen MR) is 117 cm³/mol. The van der Waals surface area contributed by atoms with Crippen LogP contribution in [0.1, 0.15) is 27.0 Å². The van der Waals surface area contributed by atoms with Crippen molar-refractivity contribution in [2.24, 2.45) is 0 Å². The maximum absolute atomic E-state index is 11.7. The Bertz CT molecular complexity index is 1100. The van der Waals surface area contributed by atoms with Crippen LogP contribution in [0.3, 0.4) is 0 Å². The van der Waals surface area contributed by atoms with E-state index in [0.29, 0.717) is 16.9 Å². The molecule has 0 spiro atoms. The number of allylic oxidation sites excluding steroid dienone is 1. The Labute approximate surface area is 171 Å². The molecule has 0 amide bonds. The van der Waals surface area contributed by atoms with Crippen LogP contribution in [0, 0.1) is 18.8 Å². The van der Waals surface area contributed by atoms with Crippen molar-refractivity contribution in [3.63, 3.8) is 0 Å². The average Bonchev–Trinajstić information content (AvgIpc) is 2.77. The molecule has 0 unspecified atom stereocenters. The molecule has 0 atom stereocenters. The number of benzene rings is 3. The first-order valence-corrected chi connectivity index (χ1v) is 9.23. The lowest BCUT2D eigenvalue weighted by molar-refractivity contribution is 0.0600. The van der Waals surface area contributed by atoms with Gasteiger partial charge in [0.1, 0.15) is 5.75 Å². The Morgan fingerprint density at radius 1 is 0.966 bits per heavy atom. The first-order valence-electron chi connectivity index (χ1n) is 9.23. The second-order valence-corrected chi connectivity index (χ2v) is 6.46. The smallest absolute Gasteiger partial charge is 0.337 e. The highest BCUT2D eigenvalue weighted by Crippen LogP contribution is 2.25. The summed E-state index contributed by atoms with van der Waals surface area (Å²) in [6.45, 7) is 2.08. The van der Waals surface area contributed by atoms with Crippen LogP contribution in [0.4, 0.5) is 0 Å². The molecule has 0 aromatic heterocycles. The molecule has 144 valence electrons. The topological polar surface area (TPSA) is 35.5 Å². The minimum Gasteiger partial charge on any atom is -0.495 e. The van der Waals surface area contributed by atoms with Gasteiger partial charge in [-0.3, -0.25) is 0 Å². The van der Waals surface area contributed by atoms with Gasteiger partial charge < -0.3 is 9.47 Å². The van der Waals surface area contributed by atoms with Gasteiger partial charge in [-0.05, 0) is 54.0 Å². The van der Waals surface area contributed by atoms with Crippen LogP contribution in [0.15, 0.2) is 72.8 Å². The Morgan fingerprint density at radius 3 is 2.45 bits per heavy atom. The third-order valence-electron chi connectivity index (χ3n) is 4.50. The van der Waals surface area contributed by atoms with E-state index in [2.05, 4.69) is 55.2 Å². The van der Waals surface area contributed by atoms with Crippen LogP contribution in [0.25, 0.3) is 17.2 Å². The number of methoxy groups -OCH3 is 2. The van der Waals surface area contributed by atoms with E-state index in [1.165, 1.54) is 18.2 Å². The molecule has 0 heterocycles. The third kappa shape index (κ3) is 4.94. The molecule has 3 heteroatoms. The van der Waals surface area contributed by atoms with Crippen LogP contribution in [0.5, 0.6) is 5.75 Å². The van der Waals surface area contributed by atoms with E-state index < -0.39 is 5.97 Å². The van der Waals surface area contributed by atoms with E-state index in [0.717, 1.165) is 11.1 Å². The monoisotopic (exact) mass is 382 g/mol. The van der Waals surface area contributed by atoms with Crippen LogP contribution < -0.4 is 4.74 Å². The number of carbonyl (C=O) groups excluding carboxylic acids is 1. The first-order chi connectivity index (χ1) is 14.1. The van der Waals surface area contributed by atoms with Crippen molar-refractivity contribution in [3.8, 4) is 28.7 Å². The van der Waals surface area contributed by atoms with Crippen LogP contribution in [-0.2, 0) is 4.74 Å². The van der Waals surface area contributed by atoms with Crippen molar-refractivity contribution in [1.29, 1.82) is 0 Å². The van der Waals surface area contributed by atoms with E-state index >= 15 is 0 Å². The summed E-state index contributed by atoms with van der Waals surface area (Å²) in [6, 6.07) is 21.8. The molecule has 0 aliphatic rings. The number of hydrogen-bond acceptors (Lipinski definition) is 3. The van der Waals surface area contributed by atoms with Gasteiger partial charge in [0, 0.05) is 0 Å². The van der Waals surface area contributed by atoms with E-state index in [4.69, 9.17) is 9.47 Å². The van der Waals surface area contributed by atoms with Gasteiger partial charge in [0.05, 0.1) is 25.3 Å². The van der Waals surface area contributed by atoms with E-state index in [1.807, 2.05) is 24.3 Å². The number of hydrogen-bond donors (Lipinski definition) is 0. The van der Waals surface area contributed by atoms with Gasteiger partial charge in [0.2, 0.25) is 0 Å². The lowest BCUT2D eigenvalue weighted by Crippen LogP contribution is -2.02. The predicted octanol–water partition coefficient (Wildman–Crippen LogP) is 5.52. The summed E-state index contributed by atoms with van der Waals surface area (Å²) >= 11 is 0. The molecule has 0 aliphatic carbocycles. The molecule has 0 bridgehead atoms. The zero-order valence-corrected chi connectivity index (χ0v) is 16.7. The quantitative estimate of drug-likeness (QED) is 0.440. The summed E-state index contributed by atoms with van der Waals surface area (Å²) in [6.07, 6.45) is 3.82. The molecule has 29 heavy (non-hydrogen) atoms. The maximum Gasteiger partial charge on any atom is 0.337 e. The molecule has 0 saturated heterocycles. The van der Waals surface area contributed by atoms with Crippen LogP contribution in [0.2, 0.25) is 0 Å². The highest BCUT2D eigenvalue weighted by atomic mass is 16.5. The fraction of sp³-hybridized carbons (Fsp3) is 0.115. The van der Waals surface area contributed by atoms with Gasteiger partial charge in [-0.2, -0.15) is 0 Å². The molecular weight excluding hydrogens is 360 g/mol. The average molecular weight is 382 g/mol. The van der Waals surface area contributed by atoms with Gasteiger partial charge in [-0.1, -0.05) is 65.9 Å². The molecule has 0 saturated carbocycles. The van der Waals surface area contributed by atoms with Gasteiger partial charge in [0.25, 0.3) is 0 Å². The number of aryl methyl sites for hydroxylation is 1. The maximum atomic E-state index is 11.7. The highest BCUT2D eigenvalue weighted by Gasteiger charge is 2.09. The summed E-state index contributed by atoms with van der Waals surface area (Å²) in [5, 5.41) is 0. The zero-order chi connectivity index (χ0) is 20.6. The Morgan fingerprint density at radius 2 is 1.72 bits per heavy atom. The molecule has 3 rings (SSSR count). The second-order valence-electron chi connectivity index (χ2n) is 6.46. The zero-order valence-electron chi connectivity index (χ0n) is 16.7. The van der Waals surface area contributed by atoms with E-state index in [1.54, 1.807) is 25.3 Å². The van der Waals surface area contributed by atoms with Gasteiger partial charge >= 0.3 is 5.97 Å². The summed E-state index contributed by atoms with van der Waals surface area (Å²) in [7, 11) is 2.90. The molecule has 0 radical (unpaired) electrons. The summed E-state index contributed by atoms with van der Waals surface area (Å²) in [4.78, 5) is 11.7. The van der Waals surface area contributed by atoms with Crippen molar-refractivity contribution in [1.82, 2.24) is 0 Å². The van der Waals surface area contributed by atoms with Crippen molar-refractivity contribution in [2.75, 3.05) is 14.2 Å². The van der Waals surface area contributed by atoms with E-state index in [9.17, 15) is 4.79 Å². The van der Waals surface area contributed by atoms with Gasteiger partial charge in [-0.25, -0.2) is 4.79 Å². The number of esters is 1. The summed E-state index contributed by atoms with van der Waals surface area (Å²) in [5.41, 5.74) is 5.79. The van der Waals surface area contributed by atoms with Crippen molar-refractivity contribution in [2.45, 2.75) is 6.92 Å². The molecular formula is C26H22O3. The molecule has 0 N–H and O–H groups in total. The number of rotatable bonds is 4.